The Kier molecular flexibility index (Phi) is 5.01. The lowest BCUT2D eigenvalue weighted by atomic mass is 10.2. The van der Waals surface area contributed by atoms with E-state index in [-0.39, 0.29) is 5.97 Å². The summed E-state index contributed by atoms with van der Waals surface area (Å²) in [7, 11) is 0. The molecule has 2 aromatic rings. The molecule has 1 aromatic carbocycles. The molecule has 0 unspecified atom stereocenters. The van der Waals surface area contributed by atoms with Crippen LogP contribution in [-0.2, 0) is 11.2 Å². The first-order valence-electron chi connectivity index (χ1n) is 6.42. The van der Waals surface area contributed by atoms with Gasteiger partial charge in [-0.15, -0.1) is 11.3 Å². The molecule has 1 aromatic heterocycles. The van der Waals surface area contributed by atoms with Crippen LogP contribution in [-0.4, -0.2) is 19.2 Å². The number of nitrogens with two attached hydrogens (primary N) is 1. The van der Waals surface area contributed by atoms with Gasteiger partial charge < -0.3 is 15.2 Å². The van der Waals surface area contributed by atoms with Gasteiger partial charge in [0.25, 0.3) is 0 Å². The third-order valence-electron chi connectivity index (χ3n) is 2.71. The molecule has 2 rings (SSSR count). The molecule has 1 heterocycles. The number of thiophene rings is 1. The number of carbonyl (C=O) groups excluding carboxylic acids is 1. The molecule has 0 atom stereocenters. The van der Waals surface area contributed by atoms with Crippen molar-refractivity contribution in [3.63, 3.8) is 0 Å². The summed E-state index contributed by atoms with van der Waals surface area (Å²) in [5, 5.41) is 2.00. The van der Waals surface area contributed by atoms with E-state index in [0.717, 1.165) is 6.42 Å². The third-order valence-corrected chi connectivity index (χ3v) is 3.64. The highest BCUT2D eigenvalue weighted by molar-refractivity contribution is 7.09. The maximum absolute atomic E-state index is 11.9. The van der Waals surface area contributed by atoms with Crippen molar-refractivity contribution in [3.05, 3.63) is 46.2 Å². The molecule has 106 valence electrons. The number of rotatable bonds is 6. The van der Waals surface area contributed by atoms with Crippen molar-refractivity contribution in [3.8, 4) is 5.75 Å². The monoisotopic (exact) mass is 291 g/mol. The molecule has 0 aliphatic rings. The number of ether oxygens (including phenoxy) is 2. The first-order chi connectivity index (χ1) is 9.70. The van der Waals surface area contributed by atoms with Gasteiger partial charge in [0, 0.05) is 11.3 Å². The quantitative estimate of drug-likeness (QED) is 0.656. The minimum atomic E-state index is -0.365. The molecule has 4 nitrogen and oxygen atoms in total. The van der Waals surface area contributed by atoms with E-state index < -0.39 is 0 Å². The summed E-state index contributed by atoms with van der Waals surface area (Å²) >= 11 is 1.65. The van der Waals surface area contributed by atoms with E-state index >= 15 is 0 Å². The van der Waals surface area contributed by atoms with E-state index in [1.54, 1.807) is 29.5 Å². The van der Waals surface area contributed by atoms with Crippen LogP contribution in [0.3, 0.4) is 0 Å². The lowest BCUT2D eigenvalue weighted by Crippen LogP contribution is -2.08. The predicted octanol–water partition coefficient (Wildman–Crippen LogP) is 3.13. The summed E-state index contributed by atoms with van der Waals surface area (Å²) in [6.07, 6.45) is 0.732. The maximum atomic E-state index is 11.9. The fraction of sp³-hybridized carbons (Fsp3) is 0.267. The molecule has 0 bridgehead atoms. The number of nitrogen functional groups attached to an aromatic ring is 1. The molecule has 0 radical (unpaired) electrons. The van der Waals surface area contributed by atoms with Crippen molar-refractivity contribution in [2.24, 2.45) is 0 Å². The summed E-state index contributed by atoms with van der Waals surface area (Å²) in [4.78, 5) is 13.1. The van der Waals surface area contributed by atoms with Gasteiger partial charge in [0.2, 0.25) is 0 Å². The van der Waals surface area contributed by atoms with Crippen molar-refractivity contribution in [2.75, 3.05) is 18.9 Å². The second-order valence-electron chi connectivity index (χ2n) is 4.15. The van der Waals surface area contributed by atoms with Gasteiger partial charge >= 0.3 is 5.97 Å². The molecule has 0 spiro atoms. The first-order valence-corrected chi connectivity index (χ1v) is 7.30. The molecule has 20 heavy (non-hydrogen) atoms. The Morgan fingerprint density at radius 3 is 2.85 bits per heavy atom. The van der Waals surface area contributed by atoms with Gasteiger partial charge in [0.15, 0.2) is 0 Å². The van der Waals surface area contributed by atoms with E-state index in [1.165, 1.54) is 4.88 Å². The number of hydrogen-bond donors (Lipinski definition) is 1. The van der Waals surface area contributed by atoms with Crippen LogP contribution in [0.2, 0.25) is 0 Å². The van der Waals surface area contributed by atoms with E-state index in [4.69, 9.17) is 15.2 Å². The molecule has 0 saturated carbocycles. The predicted molar refractivity (Wildman–Crippen MR) is 80.3 cm³/mol. The van der Waals surface area contributed by atoms with Crippen molar-refractivity contribution < 1.29 is 14.3 Å². The smallest absolute Gasteiger partial charge is 0.338 e. The van der Waals surface area contributed by atoms with Crippen LogP contribution in [0.1, 0.15) is 22.2 Å². The fourth-order valence-corrected chi connectivity index (χ4v) is 2.44. The molecule has 5 heteroatoms. The van der Waals surface area contributed by atoms with Crippen LogP contribution >= 0.6 is 11.3 Å². The number of benzene rings is 1. The van der Waals surface area contributed by atoms with Crippen molar-refractivity contribution in [1.82, 2.24) is 0 Å². The highest BCUT2D eigenvalue weighted by atomic mass is 32.1. The van der Waals surface area contributed by atoms with Crippen LogP contribution in [0.5, 0.6) is 5.75 Å². The Balaban J connectivity index is 1.90. The zero-order valence-corrected chi connectivity index (χ0v) is 12.1. The molecular weight excluding hydrogens is 274 g/mol. The Morgan fingerprint density at radius 1 is 1.35 bits per heavy atom. The summed E-state index contributed by atoms with van der Waals surface area (Å²) in [6.45, 7) is 2.79. The number of anilines is 1. The second kappa shape index (κ2) is 6.96. The van der Waals surface area contributed by atoms with E-state index in [9.17, 15) is 4.79 Å². The van der Waals surface area contributed by atoms with Crippen molar-refractivity contribution in [2.45, 2.75) is 13.3 Å². The van der Waals surface area contributed by atoms with E-state index in [0.29, 0.717) is 30.2 Å². The Labute approximate surface area is 122 Å². The number of esters is 1. The van der Waals surface area contributed by atoms with Gasteiger partial charge in [-0.2, -0.15) is 0 Å². The highest BCUT2D eigenvalue weighted by Crippen LogP contribution is 2.22. The van der Waals surface area contributed by atoms with Crippen LogP contribution in [0.25, 0.3) is 0 Å². The molecule has 0 fully saturated rings. The van der Waals surface area contributed by atoms with Gasteiger partial charge in [0.1, 0.15) is 5.75 Å². The Morgan fingerprint density at radius 2 is 2.20 bits per heavy atom. The molecule has 0 aliphatic heterocycles. The van der Waals surface area contributed by atoms with Crippen molar-refractivity contribution in [1.29, 1.82) is 0 Å². The van der Waals surface area contributed by atoms with E-state index in [2.05, 4.69) is 0 Å². The summed E-state index contributed by atoms with van der Waals surface area (Å²) in [5.74, 6) is 0.221. The summed E-state index contributed by atoms with van der Waals surface area (Å²) in [6, 6.07) is 8.93. The average Bonchev–Trinajstić information content (AvgIpc) is 2.94. The van der Waals surface area contributed by atoms with Gasteiger partial charge in [-0.05, 0) is 36.6 Å². The summed E-state index contributed by atoms with van der Waals surface area (Å²) < 4.78 is 10.6. The van der Waals surface area contributed by atoms with E-state index in [1.807, 2.05) is 24.4 Å². The zero-order chi connectivity index (χ0) is 14.4. The van der Waals surface area contributed by atoms with Gasteiger partial charge in [-0.25, -0.2) is 4.79 Å². The van der Waals surface area contributed by atoms with Crippen LogP contribution < -0.4 is 10.5 Å². The molecule has 2 N–H and O–H groups in total. The molecule has 0 amide bonds. The largest absolute Gasteiger partial charge is 0.492 e. The van der Waals surface area contributed by atoms with Crippen molar-refractivity contribution >= 4 is 23.0 Å². The van der Waals surface area contributed by atoms with Gasteiger partial charge in [-0.3, -0.25) is 0 Å². The Bertz CT molecular complexity index is 567. The van der Waals surface area contributed by atoms with Gasteiger partial charge in [-0.1, -0.05) is 6.07 Å². The average molecular weight is 291 g/mol. The second-order valence-corrected chi connectivity index (χ2v) is 5.18. The standard InChI is InChI=1S/C15H17NO3S/c1-2-18-14-6-5-11(10-13(14)16)15(17)19-8-7-12-4-3-9-20-12/h3-6,9-10H,2,7-8,16H2,1H3. The molecule has 0 aliphatic carbocycles. The van der Waals surface area contributed by atoms with Crippen LogP contribution in [0.15, 0.2) is 35.7 Å². The first kappa shape index (κ1) is 14.4. The number of carbonyl (C=O) groups is 1. The topological polar surface area (TPSA) is 61.5 Å². The zero-order valence-electron chi connectivity index (χ0n) is 11.3. The van der Waals surface area contributed by atoms with Gasteiger partial charge in [0.05, 0.1) is 24.5 Å². The normalized spacial score (nSPS) is 10.2. The lowest BCUT2D eigenvalue weighted by molar-refractivity contribution is 0.0510. The van der Waals surface area contributed by atoms with Crippen LogP contribution in [0.4, 0.5) is 5.69 Å². The minimum Gasteiger partial charge on any atom is -0.492 e. The molecule has 0 saturated heterocycles. The maximum Gasteiger partial charge on any atom is 0.338 e. The lowest BCUT2D eigenvalue weighted by Gasteiger charge is -2.08. The molecular formula is C15H17NO3S. The third kappa shape index (κ3) is 3.74. The fourth-order valence-electron chi connectivity index (χ4n) is 1.74. The summed E-state index contributed by atoms with van der Waals surface area (Å²) in [5.41, 5.74) is 6.71. The Hall–Kier alpha value is -2.01. The number of hydrogen-bond acceptors (Lipinski definition) is 5. The SMILES string of the molecule is CCOc1ccc(C(=O)OCCc2cccs2)cc1N. The minimum absolute atomic E-state index is 0.365. The highest BCUT2D eigenvalue weighted by Gasteiger charge is 2.10. The van der Waals surface area contributed by atoms with Crippen LogP contribution in [0, 0.1) is 0 Å².